The van der Waals surface area contributed by atoms with Crippen LogP contribution < -0.4 is 4.72 Å². The summed E-state index contributed by atoms with van der Waals surface area (Å²) in [4.78, 5) is 4.57. The smallest absolute Gasteiger partial charge is 0.262 e. The molecule has 23 heavy (non-hydrogen) atoms. The Kier molecular flexibility index (Phi) is 3.60. The van der Waals surface area contributed by atoms with Crippen LogP contribution in [0.1, 0.15) is 16.8 Å². The number of aryl methyl sites for hydroxylation is 4. The van der Waals surface area contributed by atoms with E-state index in [9.17, 15) is 8.42 Å². The van der Waals surface area contributed by atoms with Crippen molar-refractivity contribution in [1.82, 2.24) is 14.8 Å². The highest BCUT2D eigenvalue weighted by Crippen LogP contribution is 2.23. The van der Waals surface area contributed by atoms with E-state index in [0.29, 0.717) is 11.3 Å². The van der Waals surface area contributed by atoms with Crippen LogP contribution in [-0.4, -0.2) is 23.2 Å². The second kappa shape index (κ2) is 5.34. The number of nitrogens with zero attached hydrogens (tertiary/aromatic N) is 3. The minimum atomic E-state index is -3.66. The summed E-state index contributed by atoms with van der Waals surface area (Å²) >= 11 is 0. The van der Waals surface area contributed by atoms with Gasteiger partial charge in [0.2, 0.25) is 0 Å². The molecule has 3 rings (SSSR count). The fourth-order valence-corrected chi connectivity index (χ4v) is 3.94. The van der Waals surface area contributed by atoms with Crippen LogP contribution in [0.2, 0.25) is 0 Å². The molecule has 0 aliphatic rings. The van der Waals surface area contributed by atoms with Crippen LogP contribution in [0.5, 0.6) is 0 Å². The average Bonchev–Trinajstić information content (AvgIpc) is 2.76. The Hall–Kier alpha value is -2.41. The Morgan fingerprint density at radius 2 is 1.87 bits per heavy atom. The summed E-state index contributed by atoms with van der Waals surface area (Å²) in [5.74, 6) is 0. The van der Waals surface area contributed by atoms with Crippen LogP contribution in [0.3, 0.4) is 0 Å². The van der Waals surface area contributed by atoms with Gasteiger partial charge in [-0.1, -0.05) is 12.1 Å². The summed E-state index contributed by atoms with van der Waals surface area (Å²) in [6, 6.07) is 7.11. The van der Waals surface area contributed by atoms with Crippen molar-refractivity contribution in [3.05, 3.63) is 47.3 Å². The van der Waals surface area contributed by atoms with Crippen LogP contribution in [0, 0.1) is 20.8 Å². The predicted octanol–water partition coefficient (Wildman–Crippen LogP) is 2.69. The highest BCUT2D eigenvalue weighted by molar-refractivity contribution is 7.92. The van der Waals surface area contributed by atoms with Gasteiger partial charge in [0, 0.05) is 12.4 Å². The van der Waals surface area contributed by atoms with Crippen LogP contribution >= 0.6 is 0 Å². The second-order valence-electron chi connectivity index (χ2n) is 5.68. The molecule has 0 fully saturated rings. The number of hydrogen-bond acceptors (Lipinski definition) is 4. The molecule has 2 aromatic heterocycles. The van der Waals surface area contributed by atoms with Gasteiger partial charge >= 0.3 is 0 Å². The fraction of sp³-hybridized carbons (Fsp3) is 0.250. The molecular formula is C16H18N4O2S. The maximum Gasteiger partial charge on any atom is 0.262 e. The van der Waals surface area contributed by atoms with Gasteiger partial charge in [-0.2, -0.15) is 5.10 Å². The molecule has 0 saturated carbocycles. The summed E-state index contributed by atoms with van der Waals surface area (Å²) < 4.78 is 29.6. The molecule has 0 spiro atoms. The predicted molar refractivity (Wildman–Crippen MR) is 90.0 cm³/mol. The Morgan fingerprint density at radius 1 is 1.13 bits per heavy atom. The standard InChI is InChI=1S/C16H18N4O2S/c1-10-5-6-11(2)15(7-10)23(21,22)19-13-8-14-12(3)18-20(4)16(14)17-9-13/h5-9,19H,1-4H3. The van der Waals surface area contributed by atoms with E-state index in [2.05, 4.69) is 14.8 Å². The monoisotopic (exact) mass is 330 g/mol. The van der Waals surface area contributed by atoms with E-state index >= 15 is 0 Å². The lowest BCUT2D eigenvalue weighted by Gasteiger charge is -2.11. The molecule has 2 heterocycles. The first kappa shape index (κ1) is 15.5. The van der Waals surface area contributed by atoms with Crippen molar-refractivity contribution in [2.45, 2.75) is 25.7 Å². The van der Waals surface area contributed by atoms with Crippen molar-refractivity contribution in [3.63, 3.8) is 0 Å². The number of anilines is 1. The SMILES string of the molecule is Cc1ccc(C)c(S(=O)(=O)Nc2cnc3c(c2)c(C)nn3C)c1. The largest absolute Gasteiger partial charge is 0.278 e. The second-order valence-corrected chi connectivity index (χ2v) is 7.33. The lowest BCUT2D eigenvalue weighted by atomic mass is 10.2. The van der Waals surface area contributed by atoms with Crippen molar-refractivity contribution in [2.75, 3.05) is 4.72 Å². The molecular weight excluding hydrogens is 312 g/mol. The molecule has 0 atom stereocenters. The molecule has 7 heteroatoms. The highest BCUT2D eigenvalue weighted by atomic mass is 32.2. The van der Waals surface area contributed by atoms with Gasteiger partial charge in [-0.25, -0.2) is 13.4 Å². The zero-order chi connectivity index (χ0) is 16.8. The van der Waals surface area contributed by atoms with Crippen LogP contribution in [0.4, 0.5) is 5.69 Å². The topological polar surface area (TPSA) is 76.9 Å². The molecule has 0 saturated heterocycles. The van der Waals surface area contributed by atoms with Crippen molar-refractivity contribution >= 4 is 26.7 Å². The van der Waals surface area contributed by atoms with E-state index in [-0.39, 0.29) is 4.90 Å². The zero-order valence-corrected chi connectivity index (χ0v) is 14.3. The third kappa shape index (κ3) is 2.79. The van der Waals surface area contributed by atoms with E-state index in [1.807, 2.05) is 27.0 Å². The molecule has 0 aliphatic heterocycles. The maximum absolute atomic E-state index is 12.6. The van der Waals surface area contributed by atoms with Crippen molar-refractivity contribution in [3.8, 4) is 0 Å². The van der Waals surface area contributed by atoms with Gasteiger partial charge in [0.15, 0.2) is 5.65 Å². The van der Waals surface area contributed by atoms with Crippen LogP contribution in [-0.2, 0) is 17.1 Å². The molecule has 0 amide bonds. The van der Waals surface area contributed by atoms with Gasteiger partial charge in [0.05, 0.1) is 22.5 Å². The highest BCUT2D eigenvalue weighted by Gasteiger charge is 2.18. The maximum atomic E-state index is 12.6. The van der Waals surface area contributed by atoms with Crippen molar-refractivity contribution in [1.29, 1.82) is 0 Å². The molecule has 120 valence electrons. The fourth-order valence-electron chi connectivity index (χ4n) is 2.57. The Balaban J connectivity index is 2.03. The first-order valence-electron chi connectivity index (χ1n) is 7.17. The summed E-state index contributed by atoms with van der Waals surface area (Å²) in [6.07, 6.45) is 1.51. The summed E-state index contributed by atoms with van der Waals surface area (Å²) in [6.45, 7) is 5.51. The number of rotatable bonds is 3. The normalized spacial score (nSPS) is 11.8. The lowest BCUT2D eigenvalue weighted by Crippen LogP contribution is -2.14. The van der Waals surface area contributed by atoms with Gasteiger partial charge in [0.25, 0.3) is 10.0 Å². The third-order valence-electron chi connectivity index (χ3n) is 3.75. The van der Waals surface area contributed by atoms with Crippen LogP contribution in [0.25, 0.3) is 11.0 Å². The van der Waals surface area contributed by atoms with Crippen molar-refractivity contribution < 1.29 is 8.42 Å². The molecule has 3 aromatic rings. The van der Waals surface area contributed by atoms with Gasteiger partial charge in [-0.3, -0.25) is 9.40 Å². The summed E-state index contributed by atoms with van der Waals surface area (Å²) in [7, 11) is -1.85. The van der Waals surface area contributed by atoms with E-state index in [0.717, 1.165) is 22.3 Å². The number of aromatic nitrogens is 3. The van der Waals surface area contributed by atoms with E-state index in [1.54, 1.807) is 29.8 Å². The molecule has 0 aliphatic carbocycles. The Bertz CT molecular complexity index is 1010. The molecule has 0 bridgehead atoms. The minimum absolute atomic E-state index is 0.278. The quantitative estimate of drug-likeness (QED) is 0.801. The Labute approximate surface area is 135 Å². The summed E-state index contributed by atoms with van der Waals surface area (Å²) in [5.41, 5.74) is 3.55. The van der Waals surface area contributed by atoms with Gasteiger partial charge in [-0.15, -0.1) is 0 Å². The number of benzene rings is 1. The molecule has 1 aromatic carbocycles. The number of pyridine rings is 1. The van der Waals surface area contributed by atoms with Crippen molar-refractivity contribution in [2.24, 2.45) is 7.05 Å². The first-order valence-corrected chi connectivity index (χ1v) is 8.66. The van der Waals surface area contributed by atoms with Gasteiger partial charge in [-0.05, 0) is 44.0 Å². The molecule has 1 N–H and O–H groups in total. The molecule has 0 radical (unpaired) electrons. The van der Waals surface area contributed by atoms with Gasteiger partial charge in [0.1, 0.15) is 0 Å². The first-order chi connectivity index (χ1) is 10.8. The number of hydrogen-bond donors (Lipinski definition) is 1. The number of nitrogens with one attached hydrogen (secondary N) is 1. The number of sulfonamides is 1. The molecule has 6 nitrogen and oxygen atoms in total. The minimum Gasteiger partial charge on any atom is -0.278 e. The lowest BCUT2D eigenvalue weighted by molar-refractivity contribution is 0.600. The zero-order valence-electron chi connectivity index (χ0n) is 13.5. The average molecular weight is 330 g/mol. The Morgan fingerprint density at radius 3 is 2.61 bits per heavy atom. The van der Waals surface area contributed by atoms with Crippen LogP contribution in [0.15, 0.2) is 35.4 Å². The van der Waals surface area contributed by atoms with Gasteiger partial charge < -0.3 is 0 Å². The van der Waals surface area contributed by atoms with E-state index < -0.39 is 10.0 Å². The third-order valence-corrected chi connectivity index (χ3v) is 5.27. The van der Waals surface area contributed by atoms with E-state index in [1.165, 1.54) is 6.20 Å². The van der Waals surface area contributed by atoms with E-state index in [4.69, 9.17) is 0 Å². The summed E-state index contributed by atoms with van der Waals surface area (Å²) in [5, 5.41) is 5.12. The number of fused-ring (bicyclic) bond motifs is 1. The molecule has 0 unspecified atom stereocenters.